The summed E-state index contributed by atoms with van der Waals surface area (Å²) in [6, 6.07) is 1.14. The van der Waals surface area contributed by atoms with E-state index in [9.17, 15) is 4.79 Å². The molecule has 1 saturated heterocycles. The lowest BCUT2D eigenvalue weighted by Gasteiger charge is -2.35. The monoisotopic (exact) mass is 282 g/mol. The van der Waals surface area contributed by atoms with Crippen molar-refractivity contribution < 1.29 is 9.53 Å². The zero-order valence-electron chi connectivity index (χ0n) is 13.1. The van der Waals surface area contributed by atoms with Crippen LogP contribution in [0, 0.1) is 0 Å². The molecule has 4 nitrogen and oxygen atoms in total. The third-order valence-corrected chi connectivity index (χ3v) is 5.07. The first kappa shape index (κ1) is 15.8. The van der Waals surface area contributed by atoms with E-state index in [4.69, 9.17) is 10.5 Å². The van der Waals surface area contributed by atoms with Crippen LogP contribution in [0.25, 0.3) is 0 Å². The number of carbonyl (C=O) groups excluding carboxylic acids is 1. The van der Waals surface area contributed by atoms with Gasteiger partial charge in [0.25, 0.3) is 0 Å². The summed E-state index contributed by atoms with van der Waals surface area (Å²) in [5, 5.41) is 0. The van der Waals surface area contributed by atoms with Crippen molar-refractivity contribution in [2.75, 3.05) is 13.2 Å². The first-order chi connectivity index (χ1) is 9.60. The molecule has 3 unspecified atom stereocenters. The van der Waals surface area contributed by atoms with Crippen molar-refractivity contribution in [1.82, 2.24) is 4.90 Å². The van der Waals surface area contributed by atoms with E-state index in [0.29, 0.717) is 18.7 Å². The van der Waals surface area contributed by atoms with Crippen LogP contribution in [0.1, 0.15) is 65.2 Å². The summed E-state index contributed by atoms with van der Waals surface area (Å²) in [7, 11) is 0. The van der Waals surface area contributed by atoms with Gasteiger partial charge in [0.2, 0.25) is 0 Å². The molecule has 0 radical (unpaired) electrons. The Morgan fingerprint density at radius 1 is 1.30 bits per heavy atom. The molecule has 0 aromatic heterocycles. The number of nitrogens with two attached hydrogens (primary N) is 1. The average molecular weight is 282 g/mol. The van der Waals surface area contributed by atoms with Crippen molar-refractivity contribution in [3.05, 3.63) is 0 Å². The number of likely N-dealkylation sites (tertiary alicyclic amines) is 1. The van der Waals surface area contributed by atoms with Gasteiger partial charge in [-0.25, -0.2) is 0 Å². The molecule has 3 atom stereocenters. The number of ether oxygens (including phenoxy) is 1. The minimum Gasteiger partial charge on any atom is -0.465 e. The third kappa shape index (κ3) is 3.34. The number of hydrogen-bond acceptors (Lipinski definition) is 4. The molecule has 1 heterocycles. The molecule has 116 valence electrons. The van der Waals surface area contributed by atoms with E-state index < -0.39 is 5.54 Å². The van der Waals surface area contributed by atoms with E-state index in [1.54, 1.807) is 0 Å². The van der Waals surface area contributed by atoms with E-state index in [2.05, 4.69) is 11.8 Å². The van der Waals surface area contributed by atoms with Crippen LogP contribution in [0.5, 0.6) is 0 Å². The van der Waals surface area contributed by atoms with Crippen LogP contribution in [0.3, 0.4) is 0 Å². The minimum absolute atomic E-state index is 0.203. The van der Waals surface area contributed by atoms with Crippen molar-refractivity contribution in [3.8, 4) is 0 Å². The summed E-state index contributed by atoms with van der Waals surface area (Å²) in [4.78, 5) is 14.7. The predicted molar refractivity (Wildman–Crippen MR) is 80.4 cm³/mol. The Morgan fingerprint density at radius 3 is 2.80 bits per heavy atom. The van der Waals surface area contributed by atoms with E-state index in [0.717, 1.165) is 19.3 Å². The van der Waals surface area contributed by atoms with Gasteiger partial charge < -0.3 is 10.5 Å². The van der Waals surface area contributed by atoms with Crippen molar-refractivity contribution in [2.24, 2.45) is 5.73 Å². The van der Waals surface area contributed by atoms with E-state index in [1.807, 2.05) is 6.92 Å². The van der Waals surface area contributed by atoms with Crippen LogP contribution in [0.4, 0.5) is 0 Å². The van der Waals surface area contributed by atoms with E-state index in [1.165, 1.54) is 38.6 Å². The van der Waals surface area contributed by atoms with Gasteiger partial charge in [0.15, 0.2) is 0 Å². The van der Waals surface area contributed by atoms with E-state index in [-0.39, 0.29) is 5.97 Å². The van der Waals surface area contributed by atoms with Gasteiger partial charge in [0.1, 0.15) is 5.54 Å². The molecule has 20 heavy (non-hydrogen) atoms. The lowest BCUT2D eigenvalue weighted by molar-refractivity contribution is -0.149. The molecule has 0 aromatic rings. The smallest absolute Gasteiger partial charge is 0.326 e. The van der Waals surface area contributed by atoms with Crippen LogP contribution in [0.15, 0.2) is 0 Å². The molecule has 2 N–H and O–H groups in total. The molecule has 0 amide bonds. The van der Waals surface area contributed by atoms with Crippen LogP contribution in [-0.2, 0) is 9.53 Å². The maximum Gasteiger partial charge on any atom is 0.326 e. The Kier molecular flexibility index (Phi) is 5.44. The largest absolute Gasteiger partial charge is 0.465 e. The first-order valence-corrected chi connectivity index (χ1v) is 8.32. The maximum absolute atomic E-state index is 12.0. The number of carbonyl (C=O) groups is 1. The molecule has 2 fully saturated rings. The average Bonchev–Trinajstić information content (AvgIpc) is 2.70. The molecule has 2 aliphatic rings. The van der Waals surface area contributed by atoms with Gasteiger partial charge in [-0.15, -0.1) is 0 Å². The Labute approximate surface area is 123 Å². The summed E-state index contributed by atoms with van der Waals surface area (Å²) >= 11 is 0. The Balaban J connectivity index is 2.01. The van der Waals surface area contributed by atoms with Crippen LogP contribution in [-0.4, -0.2) is 41.6 Å². The number of nitrogens with zero attached hydrogens (tertiary/aromatic N) is 1. The first-order valence-electron chi connectivity index (χ1n) is 8.32. The lowest BCUT2D eigenvalue weighted by Crippen LogP contribution is -2.49. The summed E-state index contributed by atoms with van der Waals surface area (Å²) < 4.78 is 5.16. The minimum atomic E-state index is -0.745. The second kappa shape index (κ2) is 6.90. The topological polar surface area (TPSA) is 55.6 Å². The zero-order chi connectivity index (χ0) is 14.6. The lowest BCUT2D eigenvalue weighted by atomic mass is 9.98. The van der Waals surface area contributed by atoms with Crippen molar-refractivity contribution in [1.29, 1.82) is 0 Å². The van der Waals surface area contributed by atoms with Crippen LogP contribution < -0.4 is 5.73 Å². The molecular formula is C16H30N2O2. The summed E-state index contributed by atoms with van der Waals surface area (Å²) in [5.74, 6) is -0.203. The van der Waals surface area contributed by atoms with Crippen LogP contribution in [0.2, 0.25) is 0 Å². The third-order valence-electron chi connectivity index (χ3n) is 5.07. The molecule has 4 heteroatoms. The van der Waals surface area contributed by atoms with Gasteiger partial charge in [-0.1, -0.05) is 19.8 Å². The molecule has 1 aliphatic heterocycles. The highest BCUT2D eigenvalue weighted by Gasteiger charge is 2.45. The SMILES string of the molecule is CCOC(=O)C1(N)CCC(N2CCCCCC2CC)C1. The van der Waals surface area contributed by atoms with Crippen LogP contribution >= 0.6 is 0 Å². The Bertz CT molecular complexity index is 334. The molecule has 0 aromatic carbocycles. The fourth-order valence-electron chi connectivity index (χ4n) is 3.91. The standard InChI is InChI=1S/C16H30N2O2/c1-3-13-8-6-5-7-11-18(13)14-9-10-16(17,12-14)15(19)20-4-2/h13-14H,3-12,17H2,1-2H3. The van der Waals surface area contributed by atoms with Gasteiger partial charge in [-0.2, -0.15) is 0 Å². The normalized spacial score (nSPS) is 35.8. The number of rotatable bonds is 4. The zero-order valence-corrected chi connectivity index (χ0v) is 13.1. The Hall–Kier alpha value is -0.610. The highest BCUT2D eigenvalue weighted by atomic mass is 16.5. The van der Waals surface area contributed by atoms with Gasteiger partial charge >= 0.3 is 5.97 Å². The second-order valence-electron chi connectivity index (χ2n) is 6.42. The fourth-order valence-corrected chi connectivity index (χ4v) is 3.91. The molecule has 0 bridgehead atoms. The van der Waals surface area contributed by atoms with Crippen molar-refractivity contribution in [3.63, 3.8) is 0 Å². The Morgan fingerprint density at radius 2 is 2.10 bits per heavy atom. The van der Waals surface area contributed by atoms with E-state index >= 15 is 0 Å². The number of hydrogen-bond donors (Lipinski definition) is 1. The van der Waals surface area contributed by atoms with Gasteiger partial charge in [-0.05, 0) is 52.0 Å². The highest BCUT2D eigenvalue weighted by Crippen LogP contribution is 2.35. The van der Waals surface area contributed by atoms with Gasteiger partial charge in [-0.3, -0.25) is 9.69 Å². The van der Waals surface area contributed by atoms with Crippen molar-refractivity contribution >= 4 is 5.97 Å². The van der Waals surface area contributed by atoms with Gasteiger partial charge in [0.05, 0.1) is 6.61 Å². The summed E-state index contributed by atoms with van der Waals surface area (Å²) in [6.07, 6.45) is 9.03. The summed E-state index contributed by atoms with van der Waals surface area (Å²) in [6.45, 7) is 5.71. The second-order valence-corrected chi connectivity index (χ2v) is 6.42. The fraction of sp³-hybridized carbons (Fsp3) is 0.938. The van der Waals surface area contributed by atoms with Gasteiger partial charge in [0, 0.05) is 12.1 Å². The maximum atomic E-state index is 12.0. The molecule has 2 rings (SSSR count). The summed E-state index contributed by atoms with van der Waals surface area (Å²) in [5.41, 5.74) is 5.57. The molecule has 1 aliphatic carbocycles. The van der Waals surface area contributed by atoms with Crippen molar-refractivity contribution in [2.45, 2.75) is 82.8 Å². The highest BCUT2D eigenvalue weighted by molar-refractivity contribution is 5.81. The molecule has 0 spiro atoms. The molecule has 1 saturated carbocycles. The predicted octanol–water partition coefficient (Wildman–Crippen LogP) is 2.45. The number of esters is 1. The molecular weight excluding hydrogens is 252 g/mol. The quantitative estimate of drug-likeness (QED) is 0.805.